The van der Waals surface area contributed by atoms with E-state index in [1.54, 1.807) is 6.20 Å². The van der Waals surface area contributed by atoms with Crippen LogP contribution in [-0.4, -0.2) is 29.1 Å². The molecule has 0 unspecified atom stereocenters. The fraction of sp³-hybridized carbons (Fsp3) is 0.136. The molecule has 30 heavy (non-hydrogen) atoms. The molecular formula is C22H21N5O2S. The molecule has 0 radical (unpaired) electrons. The first-order valence-electron chi connectivity index (χ1n) is 9.49. The Bertz CT molecular complexity index is 1260. The number of benzene rings is 2. The van der Waals surface area contributed by atoms with E-state index in [1.807, 2.05) is 66.7 Å². The van der Waals surface area contributed by atoms with Gasteiger partial charge < -0.3 is 5.32 Å². The zero-order valence-electron chi connectivity index (χ0n) is 16.2. The lowest BCUT2D eigenvalue weighted by molar-refractivity contribution is 0.596. The van der Waals surface area contributed by atoms with Gasteiger partial charge in [0.2, 0.25) is 10.0 Å². The van der Waals surface area contributed by atoms with Gasteiger partial charge in [0.15, 0.2) is 0 Å². The second kappa shape index (κ2) is 8.56. The molecule has 0 aliphatic heterocycles. The van der Waals surface area contributed by atoms with Crippen molar-refractivity contribution in [1.29, 1.82) is 0 Å². The predicted octanol–water partition coefficient (Wildman–Crippen LogP) is 3.13. The van der Waals surface area contributed by atoms with Crippen LogP contribution in [-0.2, 0) is 23.0 Å². The number of primary sulfonamides is 1. The Balaban J connectivity index is 1.80. The van der Waals surface area contributed by atoms with Crippen LogP contribution in [0.1, 0.15) is 11.5 Å². The maximum Gasteiger partial charge on any atom is 0.209 e. The zero-order chi connectivity index (χ0) is 21.0. The van der Waals surface area contributed by atoms with Crippen LogP contribution in [0.25, 0.3) is 22.0 Å². The summed E-state index contributed by atoms with van der Waals surface area (Å²) in [5.41, 5.74) is 3.64. The van der Waals surface area contributed by atoms with Crippen LogP contribution in [0, 0.1) is 0 Å². The molecule has 7 nitrogen and oxygen atoms in total. The number of hydrogen-bond acceptors (Lipinski definition) is 6. The molecule has 4 rings (SSSR count). The minimum Gasteiger partial charge on any atom is -0.364 e. The number of anilines is 1. The lowest BCUT2D eigenvalue weighted by Gasteiger charge is -2.14. The fourth-order valence-corrected chi connectivity index (χ4v) is 3.71. The van der Waals surface area contributed by atoms with Crippen LogP contribution < -0.4 is 10.5 Å². The molecule has 0 fully saturated rings. The number of hydrogen-bond donors (Lipinski definition) is 2. The van der Waals surface area contributed by atoms with Gasteiger partial charge in [-0.15, -0.1) is 0 Å². The maximum absolute atomic E-state index is 11.4. The SMILES string of the molecule is NS(=O)(=O)CCc1nc(NCc2ccccn2)c2c(-c3ccccc3)cccc2n1. The molecule has 0 aliphatic rings. The largest absolute Gasteiger partial charge is 0.364 e. The molecule has 0 bridgehead atoms. The van der Waals surface area contributed by atoms with Crippen molar-refractivity contribution in [2.75, 3.05) is 11.1 Å². The van der Waals surface area contributed by atoms with Gasteiger partial charge >= 0.3 is 0 Å². The summed E-state index contributed by atoms with van der Waals surface area (Å²) in [5.74, 6) is 0.844. The van der Waals surface area contributed by atoms with Crippen LogP contribution in [0.2, 0.25) is 0 Å². The van der Waals surface area contributed by atoms with Crippen LogP contribution >= 0.6 is 0 Å². The van der Waals surface area contributed by atoms with E-state index >= 15 is 0 Å². The van der Waals surface area contributed by atoms with Gasteiger partial charge in [0.25, 0.3) is 0 Å². The van der Waals surface area contributed by atoms with E-state index in [2.05, 4.69) is 20.3 Å². The topological polar surface area (TPSA) is 111 Å². The Labute approximate surface area is 175 Å². The van der Waals surface area contributed by atoms with E-state index in [0.29, 0.717) is 18.2 Å². The van der Waals surface area contributed by atoms with Gasteiger partial charge in [0.1, 0.15) is 11.6 Å². The highest BCUT2D eigenvalue weighted by atomic mass is 32.2. The standard InChI is InChI=1S/C22H21N5O2S/c23-30(28,29)14-12-20-26-19-11-6-10-18(16-7-2-1-3-8-16)21(19)22(27-20)25-15-17-9-4-5-13-24-17/h1-11,13H,12,14-15H2,(H2,23,28,29)(H,25,26,27). The summed E-state index contributed by atoms with van der Waals surface area (Å²) in [6, 6.07) is 21.6. The number of fused-ring (bicyclic) bond motifs is 1. The molecule has 0 atom stereocenters. The summed E-state index contributed by atoms with van der Waals surface area (Å²) in [6.45, 7) is 0.477. The van der Waals surface area contributed by atoms with Crippen LogP contribution in [0.15, 0.2) is 72.9 Å². The highest BCUT2D eigenvalue weighted by Gasteiger charge is 2.14. The molecule has 2 aromatic heterocycles. The number of aryl methyl sites for hydroxylation is 1. The van der Waals surface area contributed by atoms with Crippen LogP contribution in [0.4, 0.5) is 5.82 Å². The van der Waals surface area contributed by atoms with Crippen molar-refractivity contribution >= 4 is 26.7 Å². The minimum atomic E-state index is -3.61. The summed E-state index contributed by atoms with van der Waals surface area (Å²) >= 11 is 0. The first kappa shape index (κ1) is 19.9. The third-order valence-electron chi connectivity index (χ3n) is 4.63. The molecule has 0 saturated carbocycles. The number of nitrogens with zero attached hydrogens (tertiary/aromatic N) is 3. The summed E-state index contributed by atoms with van der Waals surface area (Å²) in [4.78, 5) is 13.6. The van der Waals surface area contributed by atoms with Crippen LogP contribution in [0.3, 0.4) is 0 Å². The average molecular weight is 420 g/mol. The molecule has 3 N–H and O–H groups in total. The van der Waals surface area contributed by atoms with Gasteiger partial charge in [-0.2, -0.15) is 0 Å². The zero-order valence-corrected chi connectivity index (χ0v) is 17.0. The van der Waals surface area contributed by atoms with E-state index in [4.69, 9.17) is 5.14 Å². The summed E-state index contributed by atoms with van der Waals surface area (Å²) in [5, 5.41) is 9.39. The second-order valence-corrected chi connectivity index (χ2v) is 8.58. The van der Waals surface area contributed by atoms with Crippen molar-refractivity contribution < 1.29 is 8.42 Å². The maximum atomic E-state index is 11.4. The Morgan fingerprint density at radius 2 is 1.70 bits per heavy atom. The molecule has 0 saturated heterocycles. The van der Waals surface area contributed by atoms with Crippen LogP contribution in [0.5, 0.6) is 0 Å². The molecule has 8 heteroatoms. The van der Waals surface area contributed by atoms with E-state index < -0.39 is 10.0 Å². The Morgan fingerprint density at radius 3 is 2.43 bits per heavy atom. The van der Waals surface area contributed by atoms with Crippen molar-refractivity contribution in [3.8, 4) is 11.1 Å². The van der Waals surface area contributed by atoms with Crippen molar-refractivity contribution in [2.24, 2.45) is 5.14 Å². The Morgan fingerprint density at radius 1 is 0.900 bits per heavy atom. The molecule has 152 valence electrons. The molecular weight excluding hydrogens is 398 g/mol. The average Bonchev–Trinajstić information content (AvgIpc) is 2.76. The molecule has 4 aromatic rings. The third-order valence-corrected chi connectivity index (χ3v) is 5.40. The Kier molecular flexibility index (Phi) is 5.69. The summed E-state index contributed by atoms with van der Waals surface area (Å²) in [7, 11) is -3.61. The second-order valence-electron chi connectivity index (χ2n) is 6.85. The predicted molar refractivity (Wildman–Crippen MR) is 118 cm³/mol. The van der Waals surface area contributed by atoms with Gasteiger partial charge in [0, 0.05) is 12.6 Å². The normalized spacial score (nSPS) is 11.5. The number of rotatable bonds is 7. The molecule has 2 heterocycles. The highest BCUT2D eigenvalue weighted by Crippen LogP contribution is 2.32. The number of sulfonamides is 1. The van der Waals surface area contributed by atoms with Gasteiger partial charge in [-0.05, 0) is 29.3 Å². The van der Waals surface area contributed by atoms with E-state index in [1.165, 1.54) is 0 Å². The monoisotopic (exact) mass is 419 g/mol. The quantitative estimate of drug-likeness (QED) is 0.476. The van der Waals surface area contributed by atoms with Crippen molar-refractivity contribution in [2.45, 2.75) is 13.0 Å². The van der Waals surface area contributed by atoms with Gasteiger partial charge in [-0.1, -0.05) is 48.5 Å². The molecule has 0 amide bonds. The number of nitrogens with two attached hydrogens (primary N) is 1. The first-order chi connectivity index (χ1) is 14.5. The van der Waals surface area contributed by atoms with Gasteiger partial charge in [-0.3, -0.25) is 4.98 Å². The number of nitrogens with one attached hydrogen (secondary N) is 1. The molecule has 0 spiro atoms. The number of pyridine rings is 1. The van der Waals surface area contributed by atoms with Crippen molar-refractivity contribution in [3.05, 3.63) is 84.4 Å². The van der Waals surface area contributed by atoms with Gasteiger partial charge in [-0.25, -0.2) is 23.5 Å². The van der Waals surface area contributed by atoms with Gasteiger partial charge in [0.05, 0.1) is 28.9 Å². The van der Waals surface area contributed by atoms with Crippen molar-refractivity contribution in [1.82, 2.24) is 15.0 Å². The smallest absolute Gasteiger partial charge is 0.209 e. The Hall–Kier alpha value is -3.36. The summed E-state index contributed by atoms with van der Waals surface area (Å²) < 4.78 is 22.8. The van der Waals surface area contributed by atoms with E-state index in [0.717, 1.165) is 27.7 Å². The molecule has 0 aliphatic carbocycles. The lowest BCUT2D eigenvalue weighted by atomic mass is 10.0. The first-order valence-corrected chi connectivity index (χ1v) is 11.2. The molecule has 2 aromatic carbocycles. The van der Waals surface area contributed by atoms with E-state index in [-0.39, 0.29) is 12.2 Å². The fourth-order valence-electron chi connectivity index (χ4n) is 3.24. The lowest BCUT2D eigenvalue weighted by Crippen LogP contribution is -2.19. The third kappa shape index (κ3) is 4.79. The summed E-state index contributed by atoms with van der Waals surface area (Å²) in [6.07, 6.45) is 1.88. The highest BCUT2D eigenvalue weighted by molar-refractivity contribution is 7.89. The van der Waals surface area contributed by atoms with Crippen molar-refractivity contribution in [3.63, 3.8) is 0 Å². The van der Waals surface area contributed by atoms with E-state index in [9.17, 15) is 8.42 Å². The minimum absolute atomic E-state index is 0.141. The number of aromatic nitrogens is 3.